The highest BCUT2D eigenvalue weighted by molar-refractivity contribution is 6.39. The van der Waals surface area contributed by atoms with Gasteiger partial charge in [-0.1, -0.05) is 42.5 Å². The van der Waals surface area contributed by atoms with E-state index in [0.717, 1.165) is 22.3 Å². The van der Waals surface area contributed by atoms with Gasteiger partial charge in [0.15, 0.2) is 12.2 Å². The number of rotatable bonds is 4. The number of nitrogens with two attached hydrogens (primary N) is 1. The van der Waals surface area contributed by atoms with Gasteiger partial charge in [0.1, 0.15) is 5.82 Å². The molecule has 0 saturated carbocycles. The second kappa shape index (κ2) is 7.91. The summed E-state index contributed by atoms with van der Waals surface area (Å²) in [4.78, 5) is 13.3. The first-order chi connectivity index (χ1) is 15.2. The van der Waals surface area contributed by atoms with Crippen LogP contribution in [0, 0.1) is 0 Å². The topological polar surface area (TPSA) is 102 Å². The SMILES string of the molecule is CN1N=C(c2ccccc2)OC1C1=C(N)N=CC(c2ccccc2-c2cnco2)=NC1. The number of nitrogens with zero attached hydrogens (tertiary/aromatic N) is 5. The smallest absolute Gasteiger partial charge is 0.240 e. The van der Waals surface area contributed by atoms with Gasteiger partial charge in [-0.3, -0.25) is 10.0 Å². The lowest BCUT2D eigenvalue weighted by Crippen LogP contribution is -2.30. The number of hydrogen-bond donors (Lipinski definition) is 1. The van der Waals surface area contributed by atoms with Gasteiger partial charge in [-0.05, 0) is 12.1 Å². The standard InChI is InChI=1S/C23H20N6O2/c1-29-23(31-22(28-29)15-7-3-2-4-8-15)18-11-26-19(12-27-21(18)24)16-9-5-6-10-17(16)20-13-25-14-30-20/h2-10,12-14,23H,11,24H2,1H3. The largest absolute Gasteiger partial charge is 0.446 e. The van der Waals surface area contributed by atoms with E-state index in [1.165, 1.54) is 6.39 Å². The molecule has 0 bridgehead atoms. The summed E-state index contributed by atoms with van der Waals surface area (Å²) in [6.07, 6.45) is 4.28. The van der Waals surface area contributed by atoms with Gasteiger partial charge >= 0.3 is 0 Å². The first-order valence-electron chi connectivity index (χ1n) is 9.79. The van der Waals surface area contributed by atoms with Crippen LogP contribution in [0.25, 0.3) is 11.3 Å². The molecule has 0 amide bonds. The van der Waals surface area contributed by atoms with Crippen molar-refractivity contribution in [2.75, 3.05) is 13.6 Å². The van der Waals surface area contributed by atoms with Crippen molar-refractivity contribution in [1.29, 1.82) is 0 Å². The number of hydrogen-bond acceptors (Lipinski definition) is 8. The van der Waals surface area contributed by atoms with E-state index in [2.05, 4.69) is 15.1 Å². The van der Waals surface area contributed by atoms with Crippen molar-refractivity contribution in [3.05, 3.63) is 89.7 Å². The summed E-state index contributed by atoms with van der Waals surface area (Å²) in [6.45, 7) is 0.332. The van der Waals surface area contributed by atoms with E-state index in [-0.39, 0.29) is 0 Å². The van der Waals surface area contributed by atoms with Crippen LogP contribution < -0.4 is 5.73 Å². The van der Waals surface area contributed by atoms with Gasteiger partial charge < -0.3 is 14.9 Å². The van der Waals surface area contributed by atoms with E-state index in [9.17, 15) is 0 Å². The maximum Gasteiger partial charge on any atom is 0.240 e. The third-order valence-electron chi connectivity index (χ3n) is 5.11. The van der Waals surface area contributed by atoms with Crippen LogP contribution in [0.2, 0.25) is 0 Å². The molecule has 2 N–H and O–H groups in total. The molecule has 0 fully saturated rings. The predicted molar refractivity (Wildman–Crippen MR) is 119 cm³/mol. The van der Waals surface area contributed by atoms with Crippen molar-refractivity contribution in [1.82, 2.24) is 9.99 Å². The zero-order valence-corrected chi connectivity index (χ0v) is 16.8. The quantitative estimate of drug-likeness (QED) is 0.710. The van der Waals surface area contributed by atoms with Gasteiger partial charge in [-0.25, -0.2) is 9.98 Å². The number of oxazole rings is 1. The van der Waals surface area contributed by atoms with E-state index in [1.54, 1.807) is 17.4 Å². The van der Waals surface area contributed by atoms with Crippen molar-refractivity contribution in [2.24, 2.45) is 20.8 Å². The van der Waals surface area contributed by atoms with Crippen LogP contribution in [-0.4, -0.2) is 47.6 Å². The minimum absolute atomic E-state index is 0.332. The van der Waals surface area contributed by atoms with E-state index in [0.29, 0.717) is 29.7 Å². The summed E-state index contributed by atoms with van der Waals surface area (Å²) in [6, 6.07) is 17.6. The molecule has 2 aromatic carbocycles. The molecule has 0 spiro atoms. The Morgan fingerprint density at radius 2 is 1.81 bits per heavy atom. The lowest BCUT2D eigenvalue weighted by atomic mass is 10.0. The van der Waals surface area contributed by atoms with Crippen LogP contribution >= 0.6 is 0 Å². The average molecular weight is 412 g/mol. The lowest BCUT2D eigenvalue weighted by Gasteiger charge is -2.20. The van der Waals surface area contributed by atoms with Crippen LogP contribution in [0.5, 0.6) is 0 Å². The Hall–Kier alpha value is -4.20. The first-order valence-corrected chi connectivity index (χ1v) is 9.79. The molecular weight excluding hydrogens is 392 g/mol. The maximum absolute atomic E-state index is 6.30. The van der Waals surface area contributed by atoms with Gasteiger partial charge in [-0.15, -0.1) is 5.10 Å². The fourth-order valence-electron chi connectivity index (χ4n) is 3.54. The second-order valence-electron chi connectivity index (χ2n) is 7.10. The van der Waals surface area contributed by atoms with Crippen molar-refractivity contribution >= 4 is 17.8 Å². The number of aliphatic imine (C=N–C) groups is 2. The van der Waals surface area contributed by atoms with Crippen LogP contribution in [0.15, 0.2) is 98.1 Å². The van der Waals surface area contributed by atoms with Crippen molar-refractivity contribution in [3.8, 4) is 11.3 Å². The van der Waals surface area contributed by atoms with Gasteiger partial charge in [-0.2, -0.15) is 0 Å². The first kappa shape index (κ1) is 18.8. The van der Waals surface area contributed by atoms with Crippen molar-refractivity contribution in [3.63, 3.8) is 0 Å². The van der Waals surface area contributed by atoms with Crippen LogP contribution in [0.4, 0.5) is 0 Å². The summed E-state index contributed by atoms with van der Waals surface area (Å²) < 4.78 is 11.6. The Bertz CT molecular complexity index is 1210. The summed E-state index contributed by atoms with van der Waals surface area (Å²) in [5.41, 5.74) is 10.4. The average Bonchev–Trinajstić information content (AvgIpc) is 3.43. The Balaban J connectivity index is 1.42. The van der Waals surface area contributed by atoms with Crippen LogP contribution in [0.1, 0.15) is 11.1 Å². The highest BCUT2D eigenvalue weighted by Crippen LogP contribution is 2.27. The third-order valence-corrected chi connectivity index (χ3v) is 5.11. The highest BCUT2D eigenvalue weighted by atomic mass is 16.5. The molecule has 154 valence electrons. The van der Waals surface area contributed by atoms with Crippen molar-refractivity contribution in [2.45, 2.75) is 6.23 Å². The van der Waals surface area contributed by atoms with Gasteiger partial charge in [0.25, 0.3) is 0 Å². The Morgan fingerprint density at radius 1 is 1.03 bits per heavy atom. The Labute approximate surface area is 179 Å². The molecule has 1 aromatic heterocycles. The molecule has 3 aromatic rings. The normalized spacial score (nSPS) is 18.5. The molecule has 5 rings (SSSR count). The van der Waals surface area contributed by atoms with Gasteiger partial charge in [0.05, 0.1) is 30.2 Å². The van der Waals surface area contributed by atoms with Crippen LogP contribution in [-0.2, 0) is 4.74 Å². The summed E-state index contributed by atoms with van der Waals surface area (Å²) in [5, 5.41) is 6.26. The molecular formula is C23H20N6O2. The number of ether oxygens (including phenoxy) is 1. The zero-order valence-electron chi connectivity index (χ0n) is 16.8. The molecule has 8 nitrogen and oxygen atoms in total. The molecule has 1 unspecified atom stereocenters. The fraction of sp³-hybridized carbons (Fsp3) is 0.130. The number of likely N-dealkylation sites (N-methyl/N-ethyl adjacent to an activating group) is 1. The Kier molecular flexibility index (Phi) is 4.80. The summed E-state index contributed by atoms with van der Waals surface area (Å²) >= 11 is 0. The van der Waals surface area contributed by atoms with E-state index in [1.807, 2.05) is 61.6 Å². The molecule has 2 aliphatic rings. The molecule has 0 radical (unpaired) electrons. The highest BCUT2D eigenvalue weighted by Gasteiger charge is 2.31. The minimum atomic E-state index is -0.472. The molecule has 8 heteroatoms. The predicted octanol–water partition coefficient (Wildman–Crippen LogP) is 3.04. The minimum Gasteiger partial charge on any atom is -0.446 e. The molecule has 31 heavy (non-hydrogen) atoms. The second-order valence-corrected chi connectivity index (χ2v) is 7.10. The number of hydrazone groups is 1. The van der Waals surface area contributed by atoms with E-state index in [4.69, 9.17) is 19.9 Å². The molecule has 0 aliphatic carbocycles. The third kappa shape index (κ3) is 3.59. The van der Waals surface area contributed by atoms with Crippen molar-refractivity contribution < 1.29 is 9.15 Å². The lowest BCUT2D eigenvalue weighted by molar-refractivity contribution is 0.109. The summed E-state index contributed by atoms with van der Waals surface area (Å²) in [5.74, 6) is 1.58. The molecule has 0 saturated heterocycles. The molecule has 2 aliphatic heterocycles. The summed E-state index contributed by atoms with van der Waals surface area (Å²) in [7, 11) is 1.85. The Morgan fingerprint density at radius 3 is 2.58 bits per heavy atom. The zero-order chi connectivity index (χ0) is 21.2. The molecule has 1 atom stereocenters. The molecule has 3 heterocycles. The monoisotopic (exact) mass is 412 g/mol. The maximum atomic E-state index is 6.30. The number of aromatic nitrogens is 1. The van der Waals surface area contributed by atoms with Crippen LogP contribution in [0.3, 0.4) is 0 Å². The fourth-order valence-corrected chi connectivity index (χ4v) is 3.54. The van der Waals surface area contributed by atoms with Gasteiger partial charge in [0, 0.05) is 23.7 Å². The van der Waals surface area contributed by atoms with E-state index < -0.39 is 6.23 Å². The van der Waals surface area contributed by atoms with Gasteiger partial charge in [0.2, 0.25) is 12.1 Å². The number of benzene rings is 2. The van der Waals surface area contributed by atoms with E-state index >= 15 is 0 Å².